The summed E-state index contributed by atoms with van der Waals surface area (Å²) in [6.07, 6.45) is 1.67. The first-order chi connectivity index (χ1) is 7.77. The first-order valence-corrected chi connectivity index (χ1v) is 6.07. The standard InChI is InChI=1S/C9H11N3.2C2H6/c1-6(2)7-3-4-8-9(12-7)11-5-10-8;2*1-2/h3-6H,1-2H3,(H,10,11,12);2*1-2H3. The summed E-state index contributed by atoms with van der Waals surface area (Å²) >= 11 is 0. The van der Waals surface area contributed by atoms with Crippen molar-refractivity contribution < 1.29 is 0 Å². The summed E-state index contributed by atoms with van der Waals surface area (Å²) in [6.45, 7) is 12.3. The lowest BCUT2D eigenvalue weighted by molar-refractivity contribution is 0.828. The third-order valence-electron chi connectivity index (χ3n) is 1.90. The Hall–Kier alpha value is -1.38. The van der Waals surface area contributed by atoms with Crippen LogP contribution >= 0.6 is 0 Å². The topological polar surface area (TPSA) is 41.6 Å². The van der Waals surface area contributed by atoms with Gasteiger partial charge in [0, 0.05) is 5.69 Å². The summed E-state index contributed by atoms with van der Waals surface area (Å²) in [4.78, 5) is 11.5. The molecular formula is C13H23N3. The summed E-state index contributed by atoms with van der Waals surface area (Å²) in [6, 6.07) is 4.05. The van der Waals surface area contributed by atoms with Gasteiger partial charge in [0.25, 0.3) is 0 Å². The first kappa shape index (κ1) is 14.6. The molecule has 3 nitrogen and oxygen atoms in total. The lowest BCUT2D eigenvalue weighted by atomic mass is 10.1. The van der Waals surface area contributed by atoms with E-state index in [1.54, 1.807) is 6.33 Å². The average molecular weight is 221 g/mol. The van der Waals surface area contributed by atoms with Crippen LogP contribution in [-0.2, 0) is 0 Å². The van der Waals surface area contributed by atoms with Gasteiger partial charge in [-0.25, -0.2) is 9.97 Å². The van der Waals surface area contributed by atoms with Crippen molar-refractivity contribution in [2.75, 3.05) is 0 Å². The van der Waals surface area contributed by atoms with E-state index in [0.717, 1.165) is 16.9 Å². The number of hydrogen-bond donors (Lipinski definition) is 1. The zero-order valence-electron chi connectivity index (χ0n) is 11.2. The van der Waals surface area contributed by atoms with Gasteiger partial charge in [-0.1, -0.05) is 41.5 Å². The van der Waals surface area contributed by atoms with E-state index in [-0.39, 0.29) is 0 Å². The molecule has 0 bridgehead atoms. The highest BCUT2D eigenvalue weighted by Crippen LogP contribution is 2.14. The normalized spacial score (nSPS) is 9.19. The molecule has 0 amide bonds. The van der Waals surface area contributed by atoms with Gasteiger partial charge >= 0.3 is 0 Å². The van der Waals surface area contributed by atoms with E-state index in [1.807, 2.05) is 39.8 Å². The molecule has 2 aromatic rings. The first-order valence-electron chi connectivity index (χ1n) is 6.07. The highest BCUT2D eigenvalue weighted by atomic mass is 15.0. The third-order valence-corrected chi connectivity index (χ3v) is 1.90. The lowest BCUT2D eigenvalue weighted by Crippen LogP contribution is -1.91. The van der Waals surface area contributed by atoms with Crippen molar-refractivity contribution in [3.05, 3.63) is 24.2 Å². The number of nitrogens with one attached hydrogen (secondary N) is 1. The second-order valence-corrected chi connectivity index (χ2v) is 3.16. The molecule has 2 rings (SSSR count). The highest BCUT2D eigenvalue weighted by Gasteiger charge is 2.02. The van der Waals surface area contributed by atoms with Crippen LogP contribution in [0.5, 0.6) is 0 Å². The van der Waals surface area contributed by atoms with Gasteiger partial charge < -0.3 is 4.98 Å². The molecule has 3 heteroatoms. The Morgan fingerprint density at radius 3 is 2.25 bits per heavy atom. The summed E-state index contributed by atoms with van der Waals surface area (Å²) in [5, 5.41) is 0. The van der Waals surface area contributed by atoms with Gasteiger partial charge in [0.1, 0.15) is 0 Å². The van der Waals surface area contributed by atoms with Gasteiger partial charge in [0.2, 0.25) is 0 Å². The van der Waals surface area contributed by atoms with Gasteiger partial charge in [0.15, 0.2) is 5.65 Å². The molecule has 2 aromatic heterocycles. The number of rotatable bonds is 1. The van der Waals surface area contributed by atoms with Crippen LogP contribution in [0.15, 0.2) is 18.5 Å². The van der Waals surface area contributed by atoms with Gasteiger partial charge in [-0.2, -0.15) is 0 Å². The Labute approximate surface area is 98.3 Å². The highest BCUT2D eigenvalue weighted by molar-refractivity contribution is 5.69. The van der Waals surface area contributed by atoms with E-state index in [4.69, 9.17) is 0 Å². The minimum absolute atomic E-state index is 0.464. The maximum absolute atomic E-state index is 4.39. The number of aromatic amines is 1. The molecule has 0 saturated carbocycles. The van der Waals surface area contributed by atoms with Crippen molar-refractivity contribution in [1.29, 1.82) is 0 Å². The summed E-state index contributed by atoms with van der Waals surface area (Å²) in [5.74, 6) is 0.464. The van der Waals surface area contributed by atoms with Crippen LogP contribution < -0.4 is 0 Å². The Bertz CT molecular complexity index is 391. The summed E-state index contributed by atoms with van der Waals surface area (Å²) in [7, 11) is 0. The molecule has 0 aliphatic carbocycles. The van der Waals surface area contributed by atoms with E-state index in [9.17, 15) is 0 Å². The van der Waals surface area contributed by atoms with Crippen LogP contribution in [0.25, 0.3) is 11.2 Å². The van der Waals surface area contributed by atoms with Crippen molar-refractivity contribution in [2.45, 2.75) is 47.5 Å². The fourth-order valence-electron chi connectivity index (χ4n) is 1.16. The number of fused-ring (bicyclic) bond motifs is 1. The van der Waals surface area contributed by atoms with E-state index < -0.39 is 0 Å². The van der Waals surface area contributed by atoms with Gasteiger partial charge in [0.05, 0.1) is 11.8 Å². The van der Waals surface area contributed by atoms with Crippen LogP contribution in [0.1, 0.15) is 53.2 Å². The molecule has 0 unspecified atom stereocenters. The van der Waals surface area contributed by atoms with Crippen molar-refractivity contribution in [2.24, 2.45) is 0 Å². The maximum Gasteiger partial charge on any atom is 0.177 e. The monoisotopic (exact) mass is 221 g/mol. The predicted octanol–water partition coefficient (Wildman–Crippen LogP) is 4.13. The minimum Gasteiger partial charge on any atom is -0.343 e. The number of hydrogen-bond acceptors (Lipinski definition) is 2. The van der Waals surface area contributed by atoms with Gasteiger partial charge in [-0.15, -0.1) is 0 Å². The number of pyridine rings is 1. The molecule has 0 aliphatic heterocycles. The van der Waals surface area contributed by atoms with Crippen LogP contribution in [-0.4, -0.2) is 15.0 Å². The fourth-order valence-corrected chi connectivity index (χ4v) is 1.16. The molecule has 0 aromatic carbocycles. The summed E-state index contributed by atoms with van der Waals surface area (Å²) in [5.41, 5.74) is 2.90. The quantitative estimate of drug-likeness (QED) is 0.786. The average Bonchev–Trinajstić information content (AvgIpc) is 2.81. The molecule has 90 valence electrons. The number of imidazole rings is 1. The number of aromatic nitrogens is 3. The second-order valence-electron chi connectivity index (χ2n) is 3.16. The molecule has 16 heavy (non-hydrogen) atoms. The smallest absolute Gasteiger partial charge is 0.177 e. The zero-order valence-corrected chi connectivity index (χ0v) is 11.2. The molecule has 0 radical (unpaired) electrons. The Kier molecular flexibility index (Phi) is 7.18. The van der Waals surface area contributed by atoms with Crippen molar-refractivity contribution in [3.8, 4) is 0 Å². The Morgan fingerprint density at radius 1 is 1.06 bits per heavy atom. The van der Waals surface area contributed by atoms with Gasteiger partial charge in [-0.05, 0) is 18.1 Å². The third kappa shape index (κ3) is 3.65. The van der Waals surface area contributed by atoms with Crippen LogP contribution in [0.4, 0.5) is 0 Å². The summed E-state index contributed by atoms with van der Waals surface area (Å²) < 4.78 is 0. The van der Waals surface area contributed by atoms with Crippen LogP contribution in [0, 0.1) is 0 Å². The Morgan fingerprint density at radius 2 is 1.69 bits per heavy atom. The molecule has 0 atom stereocenters. The SMILES string of the molecule is CC.CC.CC(C)c1ccc2[nH]cnc2n1. The fraction of sp³-hybridized carbons (Fsp3) is 0.538. The van der Waals surface area contributed by atoms with Crippen molar-refractivity contribution in [3.63, 3.8) is 0 Å². The molecular weight excluding hydrogens is 198 g/mol. The largest absolute Gasteiger partial charge is 0.343 e. The molecule has 1 N–H and O–H groups in total. The van der Waals surface area contributed by atoms with Crippen molar-refractivity contribution in [1.82, 2.24) is 15.0 Å². The molecule has 0 aliphatic rings. The molecule has 2 heterocycles. The second kappa shape index (κ2) is 7.85. The van der Waals surface area contributed by atoms with E-state index in [2.05, 4.69) is 28.8 Å². The molecule has 0 saturated heterocycles. The molecule has 0 fully saturated rings. The molecule has 0 spiro atoms. The van der Waals surface area contributed by atoms with Crippen LogP contribution in [0.2, 0.25) is 0 Å². The van der Waals surface area contributed by atoms with Crippen molar-refractivity contribution >= 4 is 11.2 Å². The lowest BCUT2D eigenvalue weighted by Gasteiger charge is -2.01. The van der Waals surface area contributed by atoms with E-state index in [0.29, 0.717) is 5.92 Å². The Balaban J connectivity index is 0.000000509. The minimum atomic E-state index is 0.464. The van der Waals surface area contributed by atoms with Crippen LogP contribution in [0.3, 0.4) is 0 Å². The van der Waals surface area contributed by atoms with Gasteiger partial charge in [-0.3, -0.25) is 0 Å². The number of nitrogens with zero attached hydrogens (tertiary/aromatic N) is 2. The maximum atomic E-state index is 4.39. The number of H-pyrrole nitrogens is 1. The van der Waals surface area contributed by atoms with E-state index in [1.165, 1.54) is 0 Å². The zero-order chi connectivity index (χ0) is 12.6. The predicted molar refractivity (Wildman–Crippen MR) is 70.7 cm³/mol. The van der Waals surface area contributed by atoms with E-state index >= 15 is 0 Å².